The maximum atomic E-state index is 13.4. The first-order valence-corrected chi connectivity index (χ1v) is 11.7. The Morgan fingerprint density at radius 2 is 1.66 bits per heavy atom. The second-order valence-electron chi connectivity index (χ2n) is 7.11. The predicted molar refractivity (Wildman–Crippen MR) is 127 cm³/mol. The minimum atomic E-state index is -4.14. The molecule has 0 saturated heterocycles. The number of ketones is 1. The molecular formula is C23H20Cl2N2O4S. The first-order valence-electron chi connectivity index (χ1n) is 9.53. The number of halogens is 2. The molecule has 0 heterocycles. The highest BCUT2D eigenvalue weighted by atomic mass is 35.5. The first kappa shape index (κ1) is 23.8. The third-order valence-electron chi connectivity index (χ3n) is 4.63. The molecule has 0 atom stereocenters. The molecule has 0 aliphatic rings. The molecule has 9 heteroatoms. The van der Waals surface area contributed by atoms with Gasteiger partial charge in [0.15, 0.2) is 5.78 Å². The van der Waals surface area contributed by atoms with Crippen LogP contribution in [0, 0.1) is 6.92 Å². The van der Waals surface area contributed by atoms with Gasteiger partial charge in [-0.3, -0.25) is 13.9 Å². The second-order valence-corrected chi connectivity index (χ2v) is 9.81. The van der Waals surface area contributed by atoms with E-state index in [1.807, 2.05) is 6.92 Å². The van der Waals surface area contributed by atoms with Crippen LogP contribution in [0.5, 0.6) is 0 Å². The molecule has 0 aromatic heterocycles. The quantitative estimate of drug-likeness (QED) is 0.453. The fraction of sp³-hybridized carbons (Fsp3) is 0.130. The van der Waals surface area contributed by atoms with E-state index in [-0.39, 0.29) is 26.4 Å². The lowest BCUT2D eigenvalue weighted by atomic mass is 10.1. The standard InChI is InChI=1S/C23H20Cl2N2O4S/c1-15-6-9-20(10-7-15)32(30,31)27(22-13-18(24)8-11-21(22)25)14-23(29)26-19-5-3-4-17(12-19)16(2)28/h3-13H,14H2,1-2H3,(H,26,29). The normalized spacial score (nSPS) is 11.1. The molecule has 0 radical (unpaired) electrons. The van der Waals surface area contributed by atoms with Crippen molar-refractivity contribution in [1.82, 2.24) is 0 Å². The lowest BCUT2D eigenvalue weighted by Crippen LogP contribution is -2.38. The van der Waals surface area contributed by atoms with E-state index < -0.39 is 22.5 Å². The molecule has 32 heavy (non-hydrogen) atoms. The van der Waals surface area contributed by atoms with Crippen LogP contribution in [-0.2, 0) is 14.8 Å². The van der Waals surface area contributed by atoms with Gasteiger partial charge >= 0.3 is 0 Å². The first-order chi connectivity index (χ1) is 15.1. The number of hydrogen-bond donors (Lipinski definition) is 1. The van der Waals surface area contributed by atoms with Crippen LogP contribution in [0.1, 0.15) is 22.8 Å². The monoisotopic (exact) mass is 490 g/mol. The SMILES string of the molecule is CC(=O)c1cccc(NC(=O)CN(c2cc(Cl)ccc2Cl)S(=O)(=O)c2ccc(C)cc2)c1. The number of carbonyl (C=O) groups is 2. The summed E-state index contributed by atoms with van der Waals surface area (Å²) < 4.78 is 27.8. The number of sulfonamides is 1. The van der Waals surface area contributed by atoms with E-state index in [0.717, 1.165) is 9.87 Å². The predicted octanol–water partition coefficient (Wildman–Crippen LogP) is 5.34. The van der Waals surface area contributed by atoms with Gasteiger partial charge in [0, 0.05) is 16.3 Å². The van der Waals surface area contributed by atoms with E-state index in [0.29, 0.717) is 11.3 Å². The lowest BCUT2D eigenvalue weighted by molar-refractivity contribution is -0.114. The van der Waals surface area contributed by atoms with Gasteiger partial charge in [-0.05, 0) is 56.3 Å². The Labute approximate surface area is 196 Å². The highest BCUT2D eigenvalue weighted by molar-refractivity contribution is 7.92. The van der Waals surface area contributed by atoms with Gasteiger partial charge in [0.05, 0.1) is 15.6 Å². The molecule has 0 bridgehead atoms. The number of hydrogen-bond acceptors (Lipinski definition) is 4. The fourth-order valence-corrected chi connectivity index (χ4v) is 4.83. The average Bonchev–Trinajstić information content (AvgIpc) is 2.74. The number of nitrogens with zero attached hydrogens (tertiary/aromatic N) is 1. The largest absolute Gasteiger partial charge is 0.324 e. The van der Waals surface area contributed by atoms with Crippen molar-refractivity contribution in [2.75, 3.05) is 16.2 Å². The van der Waals surface area contributed by atoms with E-state index >= 15 is 0 Å². The van der Waals surface area contributed by atoms with Crippen LogP contribution in [0.2, 0.25) is 10.0 Å². The van der Waals surface area contributed by atoms with Crippen molar-refractivity contribution in [3.63, 3.8) is 0 Å². The van der Waals surface area contributed by atoms with Crippen molar-refractivity contribution < 1.29 is 18.0 Å². The smallest absolute Gasteiger partial charge is 0.264 e. The molecule has 0 aliphatic heterocycles. The summed E-state index contributed by atoms with van der Waals surface area (Å²) in [5.41, 5.74) is 1.75. The molecule has 0 fully saturated rings. The molecule has 3 aromatic carbocycles. The zero-order valence-corrected chi connectivity index (χ0v) is 19.6. The van der Waals surface area contributed by atoms with Crippen molar-refractivity contribution >= 4 is 56.3 Å². The number of Topliss-reactive ketones (excluding diaryl/α,β-unsaturated/α-hetero) is 1. The number of benzene rings is 3. The zero-order chi connectivity index (χ0) is 23.5. The molecular weight excluding hydrogens is 471 g/mol. The van der Waals surface area contributed by atoms with E-state index in [9.17, 15) is 18.0 Å². The van der Waals surface area contributed by atoms with Crippen LogP contribution in [0.3, 0.4) is 0 Å². The molecule has 3 aromatic rings. The van der Waals surface area contributed by atoms with E-state index in [2.05, 4.69) is 5.32 Å². The molecule has 166 valence electrons. The Bertz CT molecular complexity index is 1280. The molecule has 0 unspecified atom stereocenters. The van der Waals surface area contributed by atoms with Crippen LogP contribution < -0.4 is 9.62 Å². The number of rotatable bonds is 7. The Morgan fingerprint density at radius 1 is 0.969 bits per heavy atom. The molecule has 1 amide bonds. The number of anilines is 2. The summed E-state index contributed by atoms with van der Waals surface area (Å²) in [7, 11) is -4.14. The Morgan fingerprint density at radius 3 is 2.31 bits per heavy atom. The van der Waals surface area contributed by atoms with E-state index in [1.54, 1.807) is 30.3 Å². The minimum Gasteiger partial charge on any atom is -0.324 e. The Balaban J connectivity index is 1.98. The highest BCUT2D eigenvalue weighted by Crippen LogP contribution is 2.33. The van der Waals surface area contributed by atoms with Crippen LogP contribution in [-0.4, -0.2) is 26.7 Å². The van der Waals surface area contributed by atoms with Crippen LogP contribution in [0.25, 0.3) is 0 Å². The summed E-state index contributed by atoms with van der Waals surface area (Å²) in [5.74, 6) is -0.771. The highest BCUT2D eigenvalue weighted by Gasteiger charge is 2.29. The maximum Gasteiger partial charge on any atom is 0.264 e. The lowest BCUT2D eigenvalue weighted by Gasteiger charge is -2.25. The zero-order valence-electron chi connectivity index (χ0n) is 17.3. The molecule has 0 saturated carbocycles. The van der Waals surface area contributed by atoms with E-state index in [1.165, 1.54) is 43.3 Å². The summed E-state index contributed by atoms with van der Waals surface area (Å²) in [5, 5.41) is 3.02. The molecule has 0 spiro atoms. The average molecular weight is 491 g/mol. The number of amides is 1. The third kappa shape index (κ3) is 5.48. The summed E-state index contributed by atoms with van der Waals surface area (Å²) >= 11 is 12.4. The molecule has 1 N–H and O–H groups in total. The van der Waals surface area contributed by atoms with Crippen LogP contribution in [0.4, 0.5) is 11.4 Å². The van der Waals surface area contributed by atoms with Crippen molar-refractivity contribution in [3.05, 3.63) is 87.9 Å². The Hall–Kier alpha value is -2.87. The summed E-state index contributed by atoms with van der Waals surface area (Å²) in [4.78, 5) is 24.4. The van der Waals surface area contributed by atoms with E-state index in [4.69, 9.17) is 23.2 Å². The van der Waals surface area contributed by atoms with Crippen molar-refractivity contribution in [3.8, 4) is 0 Å². The number of aryl methyl sites for hydroxylation is 1. The topological polar surface area (TPSA) is 83.6 Å². The number of carbonyl (C=O) groups excluding carboxylic acids is 2. The van der Waals surface area contributed by atoms with Gasteiger partial charge in [-0.25, -0.2) is 8.42 Å². The van der Waals surface area contributed by atoms with Gasteiger partial charge in [0.25, 0.3) is 10.0 Å². The van der Waals surface area contributed by atoms with Crippen LogP contribution in [0.15, 0.2) is 71.6 Å². The van der Waals surface area contributed by atoms with Gasteiger partial charge in [0.1, 0.15) is 6.54 Å². The Kier molecular flexibility index (Phi) is 7.23. The fourth-order valence-electron chi connectivity index (χ4n) is 2.96. The minimum absolute atomic E-state index is 0.00511. The second kappa shape index (κ2) is 9.73. The summed E-state index contributed by atoms with van der Waals surface area (Å²) in [6.45, 7) is 2.70. The van der Waals surface area contributed by atoms with Gasteiger partial charge in [0.2, 0.25) is 5.91 Å². The van der Waals surface area contributed by atoms with Crippen molar-refractivity contribution in [2.45, 2.75) is 18.7 Å². The van der Waals surface area contributed by atoms with Gasteiger partial charge < -0.3 is 5.32 Å². The maximum absolute atomic E-state index is 13.4. The number of nitrogens with one attached hydrogen (secondary N) is 1. The van der Waals surface area contributed by atoms with Crippen LogP contribution >= 0.6 is 23.2 Å². The van der Waals surface area contributed by atoms with Gasteiger partial charge in [-0.15, -0.1) is 0 Å². The molecule has 6 nitrogen and oxygen atoms in total. The van der Waals surface area contributed by atoms with Crippen molar-refractivity contribution in [2.24, 2.45) is 0 Å². The summed E-state index contributed by atoms with van der Waals surface area (Å²) in [6, 6.07) is 17.0. The van der Waals surface area contributed by atoms with Crippen molar-refractivity contribution in [1.29, 1.82) is 0 Å². The molecule has 3 rings (SSSR count). The third-order valence-corrected chi connectivity index (χ3v) is 6.95. The van der Waals surface area contributed by atoms with Gasteiger partial charge in [-0.2, -0.15) is 0 Å². The summed E-state index contributed by atoms with van der Waals surface area (Å²) in [6.07, 6.45) is 0. The molecule has 0 aliphatic carbocycles. The van der Waals surface area contributed by atoms with Gasteiger partial charge in [-0.1, -0.05) is 53.0 Å².